The monoisotopic (exact) mass is 249 g/mol. The number of anilines is 1. The third-order valence-corrected chi connectivity index (χ3v) is 3.86. The fourth-order valence-electron chi connectivity index (χ4n) is 2.66. The van der Waals surface area contributed by atoms with Crippen molar-refractivity contribution in [3.8, 4) is 0 Å². The number of hydrogen-bond acceptors (Lipinski definition) is 2. The summed E-state index contributed by atoms with van der Waals surface area (Å²) in [5, 5.41) is 0.582. The number of benzene rings is 1. The first-order valence-electron chi connectivity index (χ1n) is 5.47. The number of hydrogen-bond donors (Lipinski definition) is 0. The Kier molecular flexibility index (Phi) is 2.12. The average Bonchev–Trinajstić information content (AvgIpc) is 2.78. The van der Waals surface area contributed by atoms with Crippen LogP contribution in [0.25, 0.3) is 0 Å². The van der Waals surface area contributed by atoms with Gasteiger partial charge >= 0.3 is 0 Å². The lowest BCUT2D eigenvalue weighted by molar-refractivity contribution is -0.135. The summed E-state index contributed by atoms with van der Waals surface area (Å²) in [6, 6.07) is 5.55. The number of carbonyl (C=O) groups excluding carboxylic acids is 1. The summed E-state index contributed by atoms with van der Waals surface area (Å²) in [5.41, 5.74) is 1.61. The Morgan fingerprint density at radius 2 is 2.24 bits per heavy atom. The van der Waals surface area contributed by atoms with Crippen molar-refractivity contribution in [1.29, 1.82) is 0 Å². The van der Waals surface area contributed by atoms with E-state index in [9.17, 15) is 4.79 Å². The molecule has 1 atom stereocenters. The lowest BCUT2D eigenvalue weighted by Gasteiger charge is -2.24. The van der Waals surface area contributed by atoms with Crippen molar-refractivity contribution in [3.05, 3.63) is 40.4 Å². The molecular weight excluding hydrogens is 238 g/mol. The number of carbonyl (C=O) groups is 1. The molecule has 17 heavy (non-hydrogen) atoms. The Morgan fingerprint density at radius 3 is 2.88 bits per heavy atom. The van der Waals surface area contributed by atoms with Crippen LogP contribution in [0.3, 0.4) is 0 Å². The predicted molar refractivity (Wildman–Crippen MR) is 66.2 cm³/mol. The largest absolute Gasteiger partial charge is 0.352 e. The molecule has 2 heterocycles. The number of rotatable bonds is 0. The number of amides is 1. The van der Waals surface area contributed by atoms with Crippen LogP contribution in [0.2, 0.25) is 5.02 Å². The number of fused-ring (bicyclic) bond motifs is 2. The minimum absolute atomic E-state index is 0.0631. The van der Waals surface area contributed by atoms with Gasteiger partial charge in [-0.3, -0.25) is 4.79 Å². The van der Waals surface area contributed by atoms with Crippen molar-refractivity contribution in [3.63, 3.8) is 0 Å². The highest BCUT2D eigenvalue weighted by Gasteiger charge is 2.54. The van der Waals surface area contributed by atoms with Crippen LogP contribution < -0.4 is 4.90 Å². The molecule has 2 aliphatic heterocycles. The SMILES string of the molecule is CC1=CCOC12C(=O)N(C)c1c(Cl)cccc12. The van der Waals surface area contributed by atoms with Crippen LogP contribution >= 0.6 is 11.6 Å². The summed E-state index contributed by atoms with van der Waals surface area (Å²) in [4.78, 5) is 14.0. The number of ether oxygens (including phenoxy) is 1. The van der Waals surface area contributed by atoms with E-state index in [1.165, 1.54) is 0 Å². The summed E-state index contributed by atoms with van der Waals surface area (Å²) in [6.07, 6.45) is 1.95. The van der Waals surface area contributed by atoms with Crippen molar-refractivity contribution >= 4 is 23.2 Å². The molecule has 0 aliphatic carbocycles. The van der Waals surface area contributed by atoms with E-state index in [-0.39, 0.29) is 5.91 Å². The smallest absolute Gasteiger partial charge is 0.268 e. The van der Waals surface area contributed by atoms with Crippen molar-refractivity contribution < 1.29 is 9.53 Å². The molecule has 4 heteroatoms. The molecule has 2 aliphatic rings. The fourth-order valence-corrected chi connectivity index (χ4v) is 2.96. The van der Waals surface area contributed by atoms with Crippen LogP contribution in [-0.2, 0) is 15.1 Å². The molecule has 1 aromatic rings. The van der Waals surface area contributed by atoms with Crippen LogP contribution in [0.5, 0.6) is 0 Å². The van der Waals surface area contributed by atoms with Gasteiger partial charge in [0.25, 0.3) is 5.91 Å². The highest BCUT2D eigenvalue weighted by molar-refractivity contribution is 6.35. The maximum absolute atomic E-state index is 12.5. The van der Waals surface area contributed by atoms with Crippen molar-refractivity contribution in [2.45, 2.75) is 12.5 Å². The van der Waals surface area contributed by atoms with E-state index in [1.54, 1.807) is 18.0 Å². The second-order valence-corrected chi connectivity index (χ2v) is 4.79. The molecule has 88 valence electrons. The van der Waals surface area contributed by atoms with Gasteiger partial charge in [0.05, 0.1) is 17.3 Å². The van der Waals surface area contributed by atoms with Crippen LogP contribution in [0.4, 0.5) is 5.69 Å². The van der Waals surface area contributed by atoms with Gasteiger partial charge in [-0.1, -0.05) is 29.8 Å². The fraction of sp³-hybridized carbons (Fsp3) is 0.308. The summed E-state index contributed by atoms with van der Waals surface area (Å²) < 4.78 is 5.74. The Labute approximate surface area is 105 Å². The van der Waals surface area contributed by atoms with Gasteiger partial charge < -0.3 is 9.64 Å². The van der Waals surface area contributed by atoms with Crippen LogP contribution in [0.1, 0.15) is 12.5 Å². The Bertz CT molecular complexity index is 552. The summed E-state index contributed by atoms with van der Waals surface area (Å²) >= 11 is 6.17. The van der Waals surface area contributed by atoms with Crippen molar-refractivity contribution in [2.75, 3.05) is 18.6 Å². The third kappa shape index (κ3) is 1.13. The highest BCUT2D eigenvalue weighted by atomic mass is 35.5. The molecule has 1 spiro atoms. The average molecular weight is 250 g/mol. The lowest BCUT2D eigenvalue weighted by Crippen LogP contribution is -2.39. The van der Waals surface area contributed by atoms with Gasteiger partial charge in [-0.25, -0.2) is 0 Å². The second-order valence-electron chi connectivity index (χ2n) is 4.38. The van der Waals surface area contributed by atoms with Crippen LogP contribution in [0.15, 0.2) is 29.8 Å². The first kappa shape index (κ1) is 10.8. The summed E-state index contributed by atoms with van der Waals surface area (Å²) in [5.74, 6) is -0.0631. The molecule has 0 aromatic heterocycles. The molecule has 1 aromatic carbocycles. The molecule has 0 N–H and O–H groups in total. The topological polar surface area (TPSA) is 29.5 Å². The lowest BCUT2D eigenvalue weighted by atomic mass is 9.89. The Morgan fingerprint density at radius 1 is 1.47 bits per heavy atom. The van der Waals surface area contributed by atoms with Gasteiger partial charge in [-0.05, 0) is 18.6 Å². The van der Waals surface area contributed by atoms with Gasteiger partial charge in [0, 0.05) is 12.6 Å². The van der Waals surface area contributed by atoms with E-state index >= 15 is 0 Å². The molecule has 3 rings (SSSR count). The molecule has 0 radical (unpaired) electrons. The summed E-state index contributed by atoms with van der Waals surface area (Å²) in [6.45, 7) is 2.39. The molecule has 0 bridgehead atoms. The van der Waals surface area contributed by atoms with Crippen LogP contribution in [0, 0.1) is 0 Å². The van der Waals surface area contributed by atoms with Gasteiger partial charge in [0.1, 0.15) is 0 Å². The van der Waals surface area contributed by atoms with E-state index in [4.69, 9.17) is 16.3 Å². The second kappa shape index (κ2) is 3.34. The molecule has 1 unspecified atom stereocenters. The zero-order valence-corrected chi connectivity index (χ0v) is 10.4. The van der Waals surface area contributed by atoms with Gasteiger partial charge in [-0.2, -0.15) is 0 Å². The Hall–Kier alpha value is -1.32. The number of para-hydroxylation sites is 1. The minimum Gasteiger partial charge on any atom is -0.352 e. The highest BCUT2D eigenvalue weighted by Crippen LogP contribution is 2.50. The molecular formula is C13H12ClNO2. The maximum atomic E-state index is 12.5. The van der Waals surface area contributed by atoms with Gasteiger partial charge in [0.15, 0.2) is 5.60 Å². The van der Waals surface area contributed by atoms with Crippen molar-refractivity contribution in [1.82, 2.24) is 0 Å². The predicted octanol–water partition coefficient (Wildman–Crippen LogP) is 2.49. The number of likely N-dealkylation sites (N-methyl/N-ethyl adjacent to an activating group) is 1. The third-order valence-electron chi connectivity index (χ3n) is 3.55. The Balaban J connectivity index is 2.33. The van der Waals surface area contributed by atoms with Gasteiger partial charge in [-0.15, -0.1) is 0 Å². The van der Waals surface area contributed by atoms with E-state index in [0.29, 0.717) is 11.6 Å². The van der Waals surface area contributed by atoms with E-state index < -0.39 is 5.60 Å². The molecule has 0 saturated carbocycles. The first-order chi connectivity index (χ1) is 8.09. The number of nitrogens with zero attached hydrogens (tertiary/aromatic N) is 1. The molecule has 3 nitrogen and oxygen atoms in total. The molecule has 1 amide bonds. The van der Waals surface area contributed by atoms with E-state index in [2.05, 4.69) is 0 Å². The quantitative estimate of drug-likeness (QED) is 0.661. The zero-order chi connectivity index (χ0) is 12.2. The summed E-state index contributed by atoms with van der Waals surface area (Å²) in [7, 11) is 1.73. The van der Waals surface area contributed by atoms with E-state index in [0.717, 1.165) is 16.8 Å². The van der Waals surface area contributed by atoms with E-state index in [1.807, 2.05) is 25.1 Å². The normalized spacial score (nSPS) is 26.6. The van der Waals surface area contributed by atoms with Crippen molar-refractivity contribution in [2.24, 2.45) is 0 Å². The number of halogens is 1. The van der Waals surface area contributed by atoms with Crippen LogP contribution in [-0.4, -0.2) is 19.6 Å². The standard InChI is InChI=1S/C13H12ClNO2/c1-8-6-7-17-13(8)9-4-3-5-10(14)11(9)15(2)12(13)16/h3-6H,7H2,1-2H3. The molecule has 0 saturated heterocycles. The minimum atomic E-state index is -0.936. The maximum Gasteiger partial charge on any atom is 0.268 e. The first-order valence-corrected chi connectivity index (χ1v) is 5.85. The zero-order valence-electron chi connectivity index (χ0n) is 9.66. The molecule has 0 fully saturated rings. The van der Waals surface area contributed by atoms with Gasteiger partial charge in [0.2, 0.25) is 0 Å².